The summed E-state index contributed by atoms with van der Waals surface area (Å²) in [5.74, 6) is -1.24. The molecule has 2 amide bonds. The van der Waals surface area contributed by atoms with Gasteiger partial charge in [0.2, 0.25) is 11.8 Å². The maximum atomic E-state index is 11.6. The topological polar surface area (TPSA) is 58.2 Å². The zero-order valence-electron chi connectivity index (χ0n) is 7.57. The third-order valence-electron chi connectivity index (χ3n) is 1.25. The summed E-state index contributed by atoms with van der Waals surface area (Å²) in [6.07, 6.45) is -4.24. The second-order valence-electron chi connectivity index (χ2n) is 2.52. The van der Waals surface area contributed by atoms with Crippen LogP contribution in [0.4, 0.5) is 13.2 Å². The Morgan fingerprint density at radius 2 is 1.71 bits per heavy atom. The maximum absolute atomic E-state index is 11.6. The molecule has 2 N–H and O–H groups in total. The van der Waals surface area contributed by atoms with Crippen molar-refractivity contribution in [2.24, 2.45) is 0 Å². The number of carbonyl (C=O) groups is 2. The summed E-state index contributed by atoms with van der Waals surface area (Å²) in [4.78, 5) is 21.3. The minimum Gasteiger partial charge on any atom is -0.347 e. The fourth-order valence-electron chi connectivity index (χ4n) is 0.565. The summed E-state index contributed by atoms with van der Waals surface area (Å²) in [7, 11) is 0. The van der Waals surface area contributed by atoms with Gasteiger partial charge in [-0.25, -0.2) is 0 Å². The number of alkyl halides is 3. The average Bonchev–Trinajstić information content (AvgIpc) is 2.09. The molecule has 0 aliphatic carbocycles. The predicted molar refractivity (Wildman–Crippen MR) is 42.4 cm³/mol. The van der Waals surface area contributed by atoms with Gasteiger partial charge in [0.05, 0.1) is 6.54 Å². The summed E-state index contributed by atoms with van der Waals surface area (Å²) in [6, 6.07) is 0. The van der Waals surface area contributed by atoms with Crippen LogP contribution in [0.1, 0.15) is 13.3 Å². The Hall–Kier alpha value is -1.27. The molecule has 82 valence electrons. The number of rotatable bonds is 4. The Bertz CT molecular complexity index is 215. The van der Waals surface area contributed by atoms with Gasteiger partial charge in [-0.3, -0.25) is 9.59 Å². The highest BCUT2D eigenvalue weighted by atomic mass is 19.4. The summed E-state index contributed by atoms with van der Waals surface area (Å²) >= 11 is 0. The largest absolute Gasteiger partial charge is 0.405 e. The van der Waals surface area contributed by atoms with Crippen molar-refractivity contribution in [3.05, 3.63) is 0 Å². The molecule has 0 fully saturated rings. The highest BCUT2D eigenvalue weighted by molar-refractivity contribution is 5.84. The number of carbonyl (C=O) groups excluding carboxylic acids is 2. The third kappa shape index (κ3) is 7.38. The van der Waals surface area contributed by atoms with Crippen LogP contribution in [-0.2, 0) is 9.59 Å². The Morgan fingerprint density at radius 3 is 2.14 bits per heavy atom. The quantitative estimate of drug-likeness (QED) is 0.699. The summed E-state index contributed by atoms with van der Waals surface area (Å²) < 4.78 is 34.7. The van der Waals surface area contributed by atoms with Crippen molar-refractivity contribution in [1.29, 1.82) is 0 Å². The van der Waals surface area contributed by atoms with Crippen LogP contribution >= 0.6 is 0 Å². The van der Waals surface area contributed by atoms with Gasteiger partial charge in [-0.1, -0.05) is 6.92 Å². The van der Waals surface area contributed by atoms with Gasteiger partial charge >= 0.3 is 6.18 Å². The molecule has 0 saturated heterocycles. The normalized spacial score (nSPS) is 10.9. The van der Waals surface area contributed by atoms with Crippen LogP contribution in [0.25, 0.3) is 0 Å². The number of nitrogens with one attached hydrogen (secondary N) is 2. The van der Waals surface area contributed by atoms with Crippen LogP contribution in [0.2, 0.25) is 0 Å². The van der Waals surface area contributed by atoms with Crippen molar-refractivity contribution < 1.29 is 22.8 Å². The van der Waals surface area contributed by atoms with Crippen molar-refractivity contribution in [3.8, 4) is 0 Å². The molecule has 0 bridgehead atoms. The average molecular weight is 212 g/mol. The van der Waals surface area contributed by atoms with E-state index in [0.717, 1.165) is 0 Å². The van der Waals surface area contributed by atoms with Gasteiger partial charge in [0.1, 0.15) is 6.54 Å². The number of hydrogen-bond acceptors (Lipinski definition) is 2. The van der Waals surface area contributed by atoms with E-state index in [0.29, 0.717) is 0 Å². The second kappa shape index (κ2) is 5.46. The minimum atomic E-state index is -4.43. The summed E-state index contributed by atoms with van der Waals surface area (Å²) in [5.41, 5.74) is 0. The molecular formula is C7H11F3N2O2. The molecule has 0 aromatic carbocycles. The van der Waals surface area contributed by atoms with E-state index in [1.54, 1.807) is 12.2 Å². The van der Waals surface area contributed by atoms with Gasteiger partial charge in [0, 0.05) is 6.42 Å². The summed E-state index contributed by atoms with van der Waals surface area (Å²) in [5, 5.41) is 3.77. The molecule has 0 aromatic rings. The maximum Gasteiger partial charge on any atom is 0.405 e. The first kappa shape index (κ1) is 12.7. The smallest absolute Gasteiger partial charge is 0.347 e. The van der Waals surface area contributed by atoms with Crippen molar-refractivity contribution in [1.82, 2.24) is 10.6 Å². The Labute approximate surface area is 78.8 Å². The molecule has 0 heterocycles. The molecule has 0 aromatic heterocycles. The minimum absolute atomic E-state index is 0.187. The lowest BCUT2D eigenvalue weighted by Gasteiger charge is -2.08. The SMILES string of the molecule is CCC(=O)NCC(=O)NCC(F)(F)F. The lowest BCUT2D eigenvalue weighted by molar-refractivity contribution is -0.138. The molecule has 0 aliphatic rings. The molecule has 0 saturated carbocycles. The highest BCUT2D eigenvalue weighted by Gasteiger charge is 2.27. The summed E-state index contributed by atoms with van der Waals surface area (Å²) in [6.45, 7) is -0.237. The molecule has 0 spiro atoms. The third-order valence-corrected chi connectivity index (χ3v) is 1.25. The molecule has 0 atom stereocenters. The van der Waals surface area contributed by atoms with Gasteiger partial charge in [-0.15, -0.1) is 0 Å². The second-order valence-corrected chi connectivity index (χ2v) is 2.52. The molecule has 0 aliphatic heterocycles. The first-order chi connectivity index (χ1) is 6.35. The molecular weight excluding hydrogens is 201 g/mol. The van der Waals surface area contributed by atoms with E-state index in [4.69, 9.17) is 0 Å². The van der Waals surface area contributed by atoms with E-state index >= 15 is 0 Å². The van der Waals surface area contributed by atoms with E-state index < -0.39 is 25.2 Å². The van der Waals surface area contributed by atoms with Crippen molar-refractivity contribution in [2.75, 3.05) is 13.1 Å². The Morgan fingerprint density at radius 1 is 1.14 bits per heavy atom. The Balaban J connectivity index is 3.62. The molecule has 0 radical (unpaired) electrons. The standard InChI is InChI=1S/C7H11F3N2O2/c1-2-5(13)11-3-6(14)12-4-7(8,9)10/h2-4H2,1H3,(H,11,13)(H,12,14). The van der Waals surface area contributed by atoms with Gasteiger partial charge in [0.15, 0.2) is 0 Å². The first-order valence-electron chi connectivity index (χ1n) is 3.95. The number of halogens is 3. The predicted octanol–water partition coefficient (Wildman–Crippen LogP) is 0.191. The Kier molecular flexibility index (Phi) is 4.96. The molecule has 7 heteroatoms. The van der Waals surface area contributed by atoms with Crippen LogP contribution in [0.5, 0.6) is 0 Å². The van der Waals surface area contributed by atoms with Crippen LogP contribution < -0.4 is 10.6 Å². The lowest BCUT2D eigenvalue weighted by Crippen LogP contribution is -2.40. The number of hydrogen-bond donors (Lipinski definition) is 2. The van der Waals surface area contributed by atoms with Crippen LogP contribution in [0, 0.1) is 0 Å². The van der Waals surface area contributed by atoms with Crippen LogP contribution in [0.3, 0.4) is 0 Å². The molecule has 14 heavy (non-hydrogen) atoms. The van der Waals surface area contributed by atoms with Gasteiger partial charge in [0.25, 0.3) is 0 Å². The molecule has 4 nitrogen and oxygen atoms in total. The first-order valence-corrected chi connectivity index (χ1v) is 3.95. The van der Waals surface area contributed by atoms with E-state index in [1.807, 2.05) is 0 Å². The van der Waals surface area contributed by atoms with E-state index in [1.165, 1.54) is 0 Å². The van der Waals surface area contributed by atoms with Crippen LogP contribution in [0.15, 0.2) is 0 Å². The molecule has 0 rings (SSSR count). The van der Waals surface area contributed by atoms with Crippen molar-refractivity contribution >= 4 is 11.8 Å². The fourth-order valence-corrected chi connectivity index (χ4v) is 0.565. The van der Waals surface area contributed by atoms with E-state index in [-0.39, 0.29) is 12.3 Å². The van der Waals surface area contributed by atoms with Crippen LogP contribution in [-0.4, -0.2) is 31.1 Å². The highest BCUT2D eigenvalue weighted by Crippen LogP contribution is 2.11. The lowest BCUT2D eigenvalue weighted by atomic mass is 10.4. The van der Waals surface area contributed by atoms with E-state index in [2.05, 4.69) is 5.32 Å². The van der Waals surface area contributed by atoms with Gasteiger partial charge in [-0.05, 0) is 0 Å². The monoisotopic (exact) mass is 212 g/mol. The molecule has 0 unspecified atom stereocenters. The number of amides is 2. The van der Waals surface area contributed by atoms with Gasteiger partial charge in [-0.2, -0.15) is 13.2 Å². The zero-order valence-corrected chi connectivity index (χ0v) is 7.57. The van der Waals surface area contributed by atoms with E-state index in [9.17, 15) is 22.8 Å². The van der Waals surface area contributed by atoms with Crippen molar-refractivity contribution in [2.45, 2.75) is 19.5 Å². The zero-order chi connectivity index (χ0) is 11.2. The fraction of sp³-hybridized carbons (Fsp3) is 0.714. The van der Waals surface area contributed by atoms with Crippen molar-refractivity contribution in [3.63, 3.8) is 0 Å². The van der Waals surface area contributed by atoms with Gasteiger partial charge < -0.3 is 10.6 Å².